The number of carbonyl (C=O) groups is 2. The number of amides is 3. The number of rotatable bonds is 3. The van der Waals surface area contributed by atoms with Crippen molar-refractivity contribution in [3.8, 4) is 0 Å². The largest absolute Gasteiger partial charge is 0.323 e. The van der Waals surface area contributed by atoms with Crippen molar-refractivity contribution in [3.63, 3.8) is 0 Å². The van der Waals surface area contributed by atoms with Crippen molar-refractivity contribution < 1.29 is 9.59 Å². The highest BCUT2D eigenvalue weighted by Crippen LogP contribution is 2.06. The van der Waals surface area contributed by atoms with Gasteiger partial charge >= 0.3 is 6.03 Å². The third-order valence-corrected chi connectivity index (χ3v) is 2.47. The first kappa shape index (κ1) is 10.6. The van der Waals surface area contributed by atoms with Crippen LogP contribution in [-0.4, -0.2) is 30.1 Å². The number of likely N-dealkylation sites (N-methyl/N-ethyl adjacent to an activating group) is 1. The summed E-state index contributed by atoms with van der Waals surface area (Å²) < 4.78 is 0. The van der Waals surface area contributed by atoms with Gasteiger partial charge in [0.05, 0.1) is 0 Å². The lowest BCUT2D eigenvalue weighted by molar-refractivity contribution is -0.123. The molecule has 1 aromatic carbocycles. The lowest BCUT2D eigenvalue weighted by Crippen LogP contribution is -2.44. The summed E-state index contributed by atoms with van der Waals surface area (Å²) >= 11 is 0. The van der Waals surface area contributed by atoms with E-state index >= 15 is 0 Å². The normalized spacial score (nSPS) is 19.8. The van der Waals surface area contributed by atoms with E-state index in [-0.39, 0.29) is 5.91 Å². The first-order valence-electron chi connectivity index (χ1n) is 5.02. The Hall–Kier alpha value is -1.88. The molecule has 1 saturated heterocycles. The van der Waals surface area contributed by atoms with Crippen LogP contribution in [-0.2, 0) is 11.3 Å². The highest BCUT2D eigenvalue weighted by Gasteiger charge is 2.32. The molecule has 3 amide bonds. The minimum atomic E-state index is -0.576. The molecule has 1 fully saturated rings. The minimum absolute atomic E-state index is 0.302. The van der Waals surface area contributed by atoms with E-state index < -0.39 is 12.2 Å². The zero-order chi connectivity index (χ0) is 11.5. The van der Waals surface area contributed by atoms with E-state index in [1.165, 1.54) is 0 Å². The fraction of sp³-hybridized carbons (Fsp3) is 0.273. The summed E-state index contributed by atoms with van der Waals surface area (Å²) in [5.74, 6) is -0.302. The van der Waals surface area contributed by atoms with Crippen LogP contribution in [0.5, 0.6) is 0 Å². The van der Waals surface area contributed by atoms with Gasteiger partial charge in [0, 0.05) is 6.54 Å². The van der Waals surface area contributed by atoms with Crippen molar-refractivity contribution in [1.29, 1.82) is 0 Å². The molecule has 1 aromatic rings. The molecule has 0 bridgehead atoms. The standard InChI is InChI=1S/C11H13N3O2/c1-14(7-8-5-3-2-4-6-8)9-10(15)13-11(16)12-9/h2-6,9H,7H2,1H3,(H2,12,13,15,16). The van der Waals surface area contributed by atoms with E-state index in [0.29, 0.717) is 6.54 Å². The van der Waals surface area contributed by atoms with E-state index in [1.807, 2.05) is 30.3 Å². The lowest BCUT2D eigenvalue weighted by atomic mass is 10.2. The molecule has 0 saturated carbocycles. The Morgan fingerprint density at radius 1 is 1.25 bits per heavy atom. The number of urea groups is 1. The van der Waals surface area contributed by atoms with Crippen LogP contribution >= 0.6 is 0 Å². The van der Waals surface area contributed by atoms with Crippen molar-refractivity contribution in [1.82, 2.24) is 15.5 Å². The van der Waals surface area contributed by atoms with Gasteiger partial charge in [0.2, 0.25) is 0 Å². The number of imide groups is 1. The minimum Gasteiger partial charge on any atom is -0.314 e. The van der Waals surface area contributed by atoms with Crippen LogP contribution in [0, 0.1) is 0 Å². The molecule has 0 aromatic heterocycles. The molecular weight excluding hydrogens is 206 g/mol. The molecule has 1 atom stereocenters. The maximum Gasteiger partial charge on any atom is 0.323 e. The Kier molecular flexibility index (Phi) is 2.87. The van der Waals surface area contributed by atoms with Crippen LogP contribution in [0.25, 0.3) is 0 Å². The second kappa shape index (κ2) is 4.32. The molecule has 0 aliphatic carbocycles. The predicted molar refractivity (Wildman–Crippen MR) is 58.4 cm³/mol. The number of hydrogen-bond donors (Lipinski definition) is 2. The SMILES string of the molecule is CN(Cc1ccccc1)C1NC(=O)NC1=O. The van der Waals surface area contributed by atoms with Crippen molar-refractivity contribution in [2.75, 3.05) is 7.05 Å². The molecule has 1 aliphatic rings. The Bertz CT molecular complexity index is 405. The van der Waals surface area contributed by atoms with Crippen LogP contribution in [0.4, 0.5) is 4.79 Å². The molecule has 5 heteroatoms. The van der Waals surface area contributed by atoms with E-state index in [0.717, 1.165) is 5.56 Å². The molecule has 0 spiro atoms. The van der Waals surface area contributed by atoms with E-state index in [9.17, 15) is 9.59 Å². The summed E-state index contributed by atoms with van der Waals surface area (Å²) in [5.41, 5.74) is 1.10. The van der Waals surface area contributed by atoms with Crippen molar-refractivity contribution in [2.45, 2.75) is 12.7 Å². The highest BCUT2D eigenvalue weighted by atomic mass is 16.2. The van der Waals surface area contributed by atoms with Crippen LogP contribution in [0.15, 0.2) is 30.3 Å². The smallest absolute Gasteiger partial charge is 0.314 e. The zero-order valence-corrected chi connectivity index (χ0v) is 8.93. The highest BCUT2D eigenvalue weighted by molar-refractivity contribution is 6.03. The van der Waals surface area contributed by atoms with Gasteiger partial charge in [-0.15, -0.1) is 0 Å². The van der Waals surface area contributed by atoms with E-state index in [4.69, 9.17) is 0 Å². The van der Waals surface area contributed by atoms with Crippen LogP contribution < -0.4 is 10.6 Å². The Morgan fingerprint density at radius 3 is 2.50 bits per heavy atom. The second-order valence-corrected chi connectivity index (χ2v) is 3.77. The molecule has 1 unspecified atom stereocenters. The molecular formula is C11H13N3O2. The zero-order valence-electron chi connectivity index (χ0n) is 8.93. The summed E-state index contributed by atoms with van der Waals surface area (Å²) in [4.78, 5) is 24.1. The fourth-order valence-corrected chi connectivity index (χ4v) is 1.68. The van der Waals surface area contributed by atoms with Gasteiger partial charge in [0.25, 0.3) is 5.91 Å². The maximum absolute atomic E-state index is 11.4. The molecule has 1 heterocycles. The van der Waals surface area contributed by atoms with Gasteiger partial charge in [-0.05, 0) is 12.6 Å². The van der Waals surface area contributed by atoms with Gasteiger partial charge < -0.3 is 5.32 Å². The van der Waals surface area contributed by atoms with E-state index in [2.05, 4.69) is 10.6 Å². The predicted octanol–water partition coefficient (Wildman–Crippen LogP) is 0.284. The number of nitrogens with zero attached hydrogens (tertiary/aromatic N) is 1. The van der Waals surface area contributed by atoms with Crippen molar-refractivity contribution in [2.24, 2.45) is 0 Å². The number of nitrogens with one attached hydrogen (secondary N) is 2. The first-order valence-corrected chi connectivity index (χ1v) is 5.02. The monoisotopic (exact) mass is 219 g/mol. The number of carbonyl (C=O) groups excluding carboxylic acids is 2. The Labute approximate surface area is 93.4 Å². The van der Waals surface area contributed by atoms with Crippen LogP contribution in [0.3, 0.4) is 0 Å². The molecule has 16 heavy (non-hydrogen) atoms. The fourth-order valence-electron chi connectivity index (χ4n) is 1.68. The summed E-state index contributed by atoms with van der Waals surface area (Å²) in [5, 5.41) is 4.75. The van der Waals surface area contributed by atoms with Gasteiger partial charge in [-0.3, -0.25) is 15.0 Å². The van der Waals surface area contributed by atoms with Crippen molar-refractivity contribution in [3.05, 3.63) is 35.9 Å². The van der Waals surface area contributed by atoms with Crippen LogP contribution in [0.1, 0.15) is 5.56 Å². The van der Waals surface area contributed by atoms with Gasteiger partial charge in [-0.1, -0.05) is 30.3 Å². The summed E-state index contributed by atoms with van der Waals surface area (Å²) in [6, 6.07) is 9.34. The van der Waals surface area contributed by atoms with Gasteiger partial charge in [0.1, 0.15) is 0 Å². The van der Waals surface area contributed by atoms with Gasteiger partial charge in [-0.25, -0.2) is 4.79 Å². The average molecular weight is 219 g/mol. The number of benzene rings is 1. The van der Waals surface area contributed by atoms with E-state index in [1.54, 1.807) is 11.9 Å². The average Bonchev–Trinajstić information content (AvgIpc) is 2.59. The Balaban J connectivity index is 2.01. The molecule has 1 aliphatic heterocycles. The molecule has 84 valence electrons. The molecule has 2 rings (SSSR count). The third kappa shape index (κ3) is 2.20. The first-order chi connectivity index (χ1) is 7.66. The van der Waals surface area contributed by atoms with Gasteiger partial charge in [-0.2, -0.15) is 0 Å². The Morgan fingerprint density at radius 2 is 1.94 bits per heavy atom. The van der Waals surface area contributed by atoms with Crippen LogP contribution in [0.2, 0.25) is 0 Å². The lowest BCUT2D eigenvalue weighted by Gasteiger charge is -2.21. The summed E-state index contributed by atoms with van der Waals surface area (Å²) in [7, 11) is 1.79. The van der Waals surface area contributed by atoms with Gasteiger partial charge in [0.15, 0.2) is 6.17 Å². The summed E-state index contributed by atoms with van der Waals surface area (Å²) in [6.07, 6.45) is -0.576. The molecule has 5 nitrogen and oxygen atoms in total. The third-order valence-electron chi connectivity index (χ3n) is 2.47. The van der Waals surface area contributed by atoms with Crippen molar-refractivity contribution >= 4 is 11.9 Å². The molecule has 0 radical (unpaired) electrons. The quantitative estimate of drug-likeness (QED) is 0.718. The topological polar surface area (TPSA) is 61.4 Å². The number of hydrogen-bond acceptors (Lipinski definition) is 3. The molecule has 2 N–H and O–H groups in total. The second-order valence-electron chi connectivity index (χ2n) is 3.77. The maximum atomic E-state index is 11.4. The summed E-state index contributed by atoms with van der Waals surface area (Å²) in [6.45, 7) is 0.610.